The molecular weight excluding hydrogens is 272 g/mol. The number of rotatable bonds is 0. The van der Waals surface area contributed by atoms with Crippen molar-refractivity contribution >= 4 is 42.8 Å². The predicted molar refractivity (Wildman–Crippen MR) is 51.5 cm³/mol. The summed E-state index contributed by atoms with van der Waals surface area (Å²) in [5.41, 5.74) is 1.04. The van der Waals surface area contributed by atoms with Crippen LogP contribution in [0.25, 0.3) is 10.9 Å². The Labute approximate surface area is 80.2 Å². The molecule has 0 saturated carbocycles. The Morgan fingerprint density at radius 3 is 2.91 bits per heavy atom. The molecule has 11 heavy (non-hydrogen) atoms. The van der Waals surface area contributed by atoms with E-state index in [2.05, 4.69) is 42.1 Å². The highest BCUT2D eigenvalue weighted by molar-refractivity contribution is 9.11. The van der Waals surface area contributed by atoms with Crippen LogP contribution in [0.1, 0.15) is 0 Å². The lowest BCUT2D eigenvalue weighted by molar-refractivity contribution is 1.12. The summed E-state index contributed by atoms with van der Waals surface area (Å²) in [6, 6.07) is 4.00. The zero-order chi connectivity index (χ0) is 7.84. The first-order chi connectivity index (χ1) is 5.27. The Kier molecular flexibility index (Phi) is 1.73. The minimum absolute atomic E-state index is 1.03. The van der Waals surface area contributed by atoms with Crippen molar-refractivity contribution in [3.8, 4) is 0 Å². The molecule has 1 aromatic carbocycles. The number of H-pyrrole nitrogens is 1. The molecular formula is C7H4Br2N2. The molecule has 0 atom stereocenters. The van der Waals surface area contributed by atoms with Crippen LogP contribution in [0.15, 0.2) is 27.3 Å². The van der Waals surface area contributed by atoms with Crippen molar-refractivity contribution in [2.75, 3.05) is 0 Å². The lowest BCUT2D eigenvalue weighted by atomic mass is 10.3. The highest BCUT2D eigenvalue weighted by Gasteiger charge is 2.00. The summed E-state index contributed by atoms with van der Waals surface area (Å²) in [5.74, 6) is 0. The molecule has 0 amide bonds. The van der Waals surface area contributed by atoms with Crippen LogP contribution in [-0.4, -0.2) is 10.2 Å². The van der Waals surface area contributed by atoms with Crippen molar-refractivity contribution in [2.24, 2.45) is 0 Å². The van der Waals surface area contributed by atoms with Gasteiger partial charge in [-0.2, -0.15) is 5.10 Å². The van der Waals surface area contributed by atoms with Crippen LogP contribution in [0, 0.1) is 0 Å². The fraction of sp³-hybridized carbons (Fsp3) is 0. The van der Waals surface area contributed by atoms with Crippen molar-refractivity contribution in [1.82, 2.24) is 10.2 Å². The van der Waals surface area contributed by atoms with E-state index in [0.717, 1.165) is 19.8 Å². The maximum atomic E-state index is 3.93. The summed E-state index contributed by atoms with van der Waals surface area (Å²) in [4.78, 5) is 0. The number of nitrogens with one attached hydrogen (secondary N) is 1. The van der Waals surface area contributed by atoms with E-state index in [1.54, 1.807) is 6.20 Å². The fourth-order valence-corrected chi connectivity index (χ4v) is 2.33. The molecule has 1 heterocycles. The van der Waals surface area contributed by atoms with Gasteiger partial charge < -0.3 is 0 Å². The second-order valence-electron chi connectivity index (χ2n) is 2.22. The SMILES string of the molecule is Brc1cc(Br)c2[nH]ncc2c1. The smallest absolute Gasteiger partial charge is 0.0793 e. The summed E-state index contributed by atoms with van der Waals surface area (Å²) >= 11 is 6.82. The first-order valence-corrected chi connectivity index (χ1v) is 4.64. The van der Waals surface area contributed by atoms with Crippen molar-refractivity contribution in [2.45, 2.75) is 0 Å². The van der Waals surface area contributed by atoms with Crippen molar-refractivity contribution in [3.63, 3.8) is 0 Å². The quantitative estimate of drug-likeness (QED) is 0.786. The molecule has 2 aromatic rings. The van der Waals surface area contributed by atoms with Crippen molar-refractivity contribution in [3.05, 3.63) is 27.3 Å². The summed E-state index contributed by atoms with van der Waals surface area (Å²) in [6.45, 7) is 0. The van der Waals surface area contributed by atoms with Crippen LogP contribution in [-0.2, 0) is 0 Å². The van der Waals surface area contributed by atoms with Crippen LogP contribution in [0.4, 0.5) is 0 Å². The van der Waals surface area contributed by atoms with E-state index in [1.807, 2.05) is 12.1 Å². The topological polar surface area (TPSA) is 28.7 Å². The van der Waals surface area contributed by atoms with E-state index in [1.165, 1.54) is 0 Å². The summed E-state index contributed by atoms with van der Waals surface area (Å²) in [5, 5.41) is 7.93. The highest BCUT2D eigenvalue weighted by Crippen LogP contribution is 2.26. The third kappa shape index (κ3) is 1.20. The van der Waals surface area contributed by atoms with E-state index >= 15 is 0 Å². The molecule has 0 spiro atoms. The van der Waals surface area contributed by atoms with Crippen LogP contribution in [0.5, 0.6) is 0 Å². The highest BCUT2D eigenvalue weighted by atomic mass is 79.9. The number of aromatic amines is 1. The summed E-state index contributed by atoms with van der Waals surface area (Å²) < 4.78 is 2.08. The third-order valence-corrected chi connectivity index (χ3v) is 2.55. The van der Waals surface area contributed by atoms with Crippen molar-refractivity contribution < 1.29 is 0 Å². The van der Waals surface area contributed by atoms with Gasteiger partial charge in [-0.25, -0.2) is 0 Å². The molecule has 1 aromatic heterocycles. The van der Waals surface area contributed by atoms with Crippen molar-refractivity contribution in [1.29, 1.82) is 0 Å². The normalized spacial score (nSPS) is 10.7. The lowest BCUT2D eigenvalue weighted by Gasteiger charge is -1.93. The summed E-state index contributed by atoms with van der Waals surface area (Å²) in [7, 11) is 0. The molecule has 0 bridgehead atoms. The zero-order valence-corrected chi connectivity index (χ0v) is 8.61. The average molecular weight is 276 g/mol. The molecule has 0 aliphatic rings. The molecule has 0 saturated heterocycles. The number of fused-ring (bicyclic) bond motifs is 1. The van der Waals surface area contributed by atoms with Gasteiger partial charge in [0.1, 0.15) is 0 Å². The van der Waals surface area contributed by atoms with Crippen LogP contribution in [0.2, 0.25) is 0 Å². The molecule has 2 nitrogen and oxygen atoms in total. The molecule has 2 rings (SSSR count). The predicted octanol–water partition coefficient (Wildman–Crippen LogP) is 3.09. The standard InChI is InChI=1S/C7H4Br2N2/c8-5-1-4-3-10-11-7(4)6(9)2-5/h1-3H,(H,10,11). The molecule has 1 N–H and O–H groups in total. The minimum atomic E-state index is 1.03. The first-order valence-electron chi connectivity index (χ1n) is 3.05. The summed E-state index contributed by atoms with van der Waals surface area (Å²) in [6.07, 6.45) is 1.80. The number of hydrogen-bond donors (Lipinski definition) is 1. The van der Waals surface area contributed by atoms with Crippen LogP contribution >= 0.6 is 31.9 Å². The molecule has 56 valence electrons. The van der Waals surface area contributed by atoms with Crippen LogP contribution in [0.3, 0.4) is 0 Å². The Morgan fingerprint density at radius 2 is 2.09 bits per heavy atom. The largest absolute Gasteiger partial charge is 0.277 e. The Balaban J connectivity index is 2.91. The van der Waals surface area contributed by atoms with Crippen LogP contribution < -0.4 is 0 Å². The van der Waals surface area contributed by atoms with Gasteiger partial charge in [-0.05, 0) is 28.1 Å². The van der Waals surface area contributed by atoms with Gasteiger partial charge >= 0.3 is 0 Å². The Hall–Kier alpha value is -0.350. The van der Waals surface area contributed by atoms with Gasteiger partial charge in [0.2, 0.25) is 0 Å². The van der Waals surface area contributed by atoms with Gasteiger partial charge in [0.25, 0.3) is 0 Å². The third-order valence-electron chi connectivity index (χ3n) is 1.47. The van der Waals surface area contributed by atoms with Gasteiger partial charge in [0.15, 0.2) is 0 Å². The molecule has 0 fully saturated rings. The molecule has 0 aliphatic carbocycles. The van der Waals surface area contributed by atoms with Gasteiger partial charge in [0.05, 0.1) is 11.7 Å². The van der Waals surface area contributed by atoms with E-state index in [4.69, 9.17) is 0 Å². The Morgan fingerprint density at radius 1 is 1.27 bits per heavy atom. The lowest BCUT2D eigenvalue weighted by Crippen LogP contribution is -1.71. The van der Waals surface area contributed by atoms with Gasteiger partial charge in [-0.3, -0.25) is 5.10 Å². The second-order valence-corrected chi connectivity index (χ2v) is 3.99. The van der Waals surface area contributed by atoms with E-state index < -0.39 is 0 Å². The second kappa shape index (κ2) is 2.60. The van der Waals surface area contributed by atoms with E-state index in [0.29, 0.717) is 0 Å². The number of aromatic nitrogens is 2. The first kappa shape index (κ1) is 7.31. The van der Waals surface area contributed by atoms with Gasteiger partial charge in [-0.15, -0.1) is 0 Å². The van der Waals surface area contributed by atoms with E-state index in [9.17, 15) is 0 Å². The average Bonchev–Trinajstić information content (AvgIpc) is 2.34. The monoisotopic (exact) mass is 274 g/mol. The number of nitrogens with zero attached hydrogens (tertiary/aromatic N) is 1. The molecule has 4 heteroatoms. The number of benzene rings is 1. The molecule has 0 unspecified atom stereocenters. The number of halogens is 2. The fourth-order valence-electron chi connectivity index (χ4n) is 0.980. The Bertz CT molecular complexity index is 394. The maximum Gasteiger partial charge on any atom is 0.0793 e. The molecule has 0 radical (unpaired) electrons. The maximum absolute atomic E-state index is 3.93. The van der Waals surface area contributed by atoms with E-state index in [-0.39, 0.29) is 0 Å². The van der Waals surface area contributed by atoms with Gasteiger partial charge in [0, 0.05) is 14.3 Å². The molecule has 0 aliphatic heterocycles. The minimum Gasteiger partial charge on any atom is -0.277 e. The van der Waals surface area contributed by atoms with Gasteiger partial charge in [-0.1, -0.05) is 15.9 Å². The zero-order valence-electron chi connectivity index (χ0n) is 5.44. The number of hydrogen-bond acceptors (Lipinski definition) is 1.